The van der Waals surface area contributed by atoms with Gasteiger partial charge < -0.3 is 4.90 Å². The van der Waals surface area contributed by atoms with Crippen molar-refractivity contribution in [3.8, 4) is 0 Å². The minimum absolute atomic E-state index is 0.0719. The zero-order valence-corrected chi connectivity index (χ0v) is 21.4. The summed E-state index contributed by atoms with van der Waals surface area (Å²) >= 11 is -0.0719. The zero-order valence-electron chi connectivity index (χ0n) is 19.4. The molecule has 0 radical (unpaired) electrons. The van der Waals surface area contributed by atoms with E-state index in [-0.39, 0.29) is 28.5 Å². The molecule has 1 aliphatic heterocycles. The largest absolute Gasteiger partial charge is 0.446 e. The molecular weight excluding hydrogens is 455 g/mol. The SMILES string of the molecule is CC1CC1.CCCC(=Nc1cc(F)c(P)cc1C)C1=CN(C)C(CC)C(SC(F)(F)F)=C1. The number of benzene rings is 1. The monoisotopic (exact) mass is 488 g/mol. The van der Waals surface area contributed by atoms with Crippen LogP contribution in [0.4, 0.5) is 23.2 Å². The fraction of sp³-hybridized carbons (Fsp3) is 0.542. The molecule has 1 aliphatic carbocycles. The van der Waals surface area contributed by atoms with Crippen LogP contribution in [-0.2, 0) is 0 Å². The molecule has 1 fully saturated rings. The maximum Gasteiger partial charge on any atom is 0.446 e. The van der Waals surface area contributed by atoms with Crippen molar-refractivity contribution in [3.05, 3.63) is 46.3 Å². The van der Waals surface area contributed by atoms with E-state index in [1.165, 1.54) is 18.9 Å². The number of aliphatic imine (C=N–C) groups is 1. The first-order valence-electron chi connectivity index (χ1n) is 11.0. The first-order chi connectivity index (χ1) is 14.9. The lowest BCUT2D eigenvalue weighted by molar-refractivity contribution is -0.0324. The molecule has 1 aromatic rings. The normalized spacial score (nSPS) is 19.2. The van der Waals surface area contributed by atoms with Gasteiger partial charge >= 0.3 is 5.51 Å². The van der Waals surface area contributed by atoms with Crippen molar-refractivity contribution >= 4 is 37.7 Å². The van der Waals surface area contributed by atoms with E-state index in [0.29, 0.717) is 35.1 Å². The van der Waals surface area contributed by atoms with Crippen LogP contribution in [0.15, 0.2) is 39.9 Å². The van der Waals surface area contributed by atoms with Crippen LogP contribution in [0.25, 0.3) is 0 Å². The minimum atomic E-state index is -4.35. The maximum absolute atomic E-state index is 14.0. The summed E-state index contributed by atoms with van der Waals surface area (Å²) in [5.74, 6) is 0.704. The molecule has 1 heterocycles. The van der Waals surface area contributed by atoms with Crippen LogP contribution < -0.4 is 5.30 Å². The lowest BCUT2D eigenvalue weighted by atomic mass is 10.0. The highest BCUT2D eigenvalue weighted by molar-refractivity contribution is 8.03. The van der Waals surface area contributed by atoms with Gasteiger partial charge in [-0.15, -0.1) is 9.24 Å². The van der Waals surface area contributed by atoms with E-state index in [9.17, 15) is 17.6 Å². The maximum atomic E-state index is 14.0. The van der Waals surface area contributed by atoms with Gasteiger partial charge in [-0.2, -0.15) is 13.2 Å². The number of halogens is 4. The Morgan fingerprint density at radius 2 is 1.88 bits per heavy atom. The number of nitrogens with zero attached hydrogens (tertiary/aromatic N) is 2. The van der Waals surface area contributed by atoms with E-state index in [1.54, 1.807) is 24.1 Å². The van der Waals surface area contributed by atoms with Gasteiger partial charge in [0.15, 0.2) is 0 Å². The summed E-state index contributed by atoms with van der Waals surface area (Å²) in [5.41, 5.74) is -1.76. The Balaban J connectivity index is 0.000000813. The van der Waals surface area contributed by atoms with Crippen molar-refractivity contribution in [2.24, 2.45) is 10.9 Å². The summed E-state index contributed by atoms with van der Waals surface area (Å²) < 4.78 is 53.1. The van der Waals surface area contributed by atoms with E-state index >= 15 is 0 Å². The molecule has 0 saturated heterocycles. The van der Waals surface area contributed by atoms with Crippen molar-refractivity contribution in [1.29, 1.82) is 0 Å². The highest BCUT2D eigenvalue weighted by Gasteiger charge is 2.35. The molecule has 2 unspecified atom stereocenters. The molecule has 8 heteroatoms. The van der Waals surface area contributed by atoms with Crippen LogP contribution in [0.3, 0.4) is 0 Å². The van der Waals surface area contributed by atoms with Crippen LogP contribution >= 0.6 is 21.0 Å². The summed E-state index contributed by atoms with van der Waals surface area (Å²) in [5, 5.41) is 0.458. The van der Waals surface area contributed by atoms with Gasteiger partial charge in [0.1, 0.15) is 5.82 Å². The third kappa shape index (κ3) is 8.22. The van der Waals surface area contributed by atoms with Crippen molar-refractivity contribution in [2.45, 2.75) is 71.3 Å². The summed E-state index contributed by atoms with van der Waals surface area (Å²) in [6.07, 6.45) is 8.31. The lowest BCUT2D eigenvalue weighted by Gasteiger charge is -2.33. The average molecular weight is 489 g/mol. The van der Waals surface area contributed by atoms with Crippen molar-refractivity contribution in [1.82, 2.24) is 4.90 Å². The zero-order chi connectivity index (χ0) is 24.1. The number of rotatable bonds is 6. The van der Waals surface area contributed by atoms with E-state index in [4.69, 9.17) is 0 Å². The molecule has 1 saturated carbocycles. The molecular formula is C24H33F4N2PS. The lowest BCUT2D eigenvalue weighted by Crippen LogP contribution is -2.32. The molecule has 178 valence electrons. The van der Waals surface area contributed by atoms with Gasteiger partial charge in [0.2, 0.25) is 0 Å². The number of allylic oxidation sites excluding steroid dienone is 2. The summed E-state index contributed by atoms with van der Waals surface area (Å²) in [4.78, 5) is 6.68. The highest BCUT2D eigenvalue weighted by Crippen LogP contribution is 2.42. The van der Waals surface area contributed by atoms with Crippen molar-refractivity contribution in [3.63, 3.8) is 0 Å². The number of hydrogen-bond donors (Lipinski definition) is 0. The third-order valence-corrected chi connectivity index (χ3v) is 6.64. The van der Waals surface area contributed by atoms with E-state index in [2.05, 4.69) is 21.2 Å². The molecule has 0 amide bonds. The topological polar surface area (TPSA) is 15.6 Å². The van der Waals surface area contributed by atoms with Crippen LogP contribution in [0.2, 0.25) is 0 Å². The van der Waals surface area contributed by atoms with Gasteiger partial charge in [0.25, 0.3) is 0 Å². The number of thioether (sulfide) groups is 1. The van der Waals surface area contributed by atoms with Gasteiger partial charge in [0, 0.05) is 40.8 Å². The fourth-order valence-electron chi connectivity index (χ4n) is 3.30. The van der Waals surface area contributed by atoms with Crippen LogP contribution in [-0.4, -0.2) is 29.2 Å². The second-order valence-electron chi connectivity index (χ2n) is 8.42. The van der Waals surface area contributed by atoms with Crippen LogP contribution in [0.1, 0.15) is 58.4 Å². The van der Waals surface area contributed by atoms with E-state index in [0.717, 1.165) is 17.9 Å². The third-order valence-electron chi connectivity index (χ3n) is 5.34. The number of alkyl halides is 3. The molecule has 1 aromatic carbocycles. The first-order valence-corrected chi connectivity index (χ1v) is 12.4. The van der Waals surface area contributed by atoms with E-state index in [1.807, 2.05) is 27.0 Å². The molecule has 2 nitrogen and oxygen atoms in total. The van der Waals surface area contributed by atoms with E-state index < -0.39 is 5.51 Å². The highest BCUT2D eigenvalue weighted by atomic mass is 32.2. The van der Waals surface area contributed by atoms with Gasteiger partial charge in [-0.3, -0.25) is 4.99 Å². The molecule has 0 N–H and O–H groups in total. The Morgan fingerprint density at radius 1 is 1.25 bits per heavy atom. The Bertz CT molecular complexity index is 889. The molecule has 2 atom stereocenters. The molecule has 0 bridgehead atoms. The van der Waals surface area contributed by atoms with Gasteiger partial charge in [0.05, 0.1) is 11.7 Å². The summed E-state index contributed by atoms with van der Waals surface area (Å²) in [6, 6.07) is 2.73. The first kappa shape index (κ1) is 26.9. The number of aryl methyl sites for hydroxylation is 1. The molecule has 2 aliphatic rings. The quantitative estimate of drug-likeness (QED) is 0.232. The Hall–Kier alpha value is -1.33. The Kier molecular flexibility index (Phi) is 9.84. The fourth-order valence-corrected chi connectivity index (χ4v) is 4.56. The minimum Gasteiger partial charge on any atom is -0.372 e. The van der Waals surface area contributed by atoms with Crippen LogP contribution in [0, 0.1) is 18.7 Å². The predicted molar refractivity (Wildman–Crippen MR) is 133 cm³/mol. The summed E-state index contributed by atoms with van der Waals surface area (Å²) in [6.45, 7) is 7.96. The molecule has 32 heavy (non-hydrogen) atoms. The number of hydrogen-bond acceptors (Lipinski definition) is 3. The standard InChI is InChI=1S/C20H25F4N2PS.C4H8/c1-5-7-15(25-16-10-14(21)18(27)8-12(16)3)13-9-19(28-20(22,23)24)17(6-2)26(4)11-13;1-4-2-3-4/h8-11,17H,5-7,27H2,1-4H3;4H,2-3H2,1H3. The average Bonchev–Trinajstić information content (AvgIpc) is 3.46. The summed E-state index contributed by atoms with van der Waals surface area (Å²) in [7, 11) is 4.11. The Morgan fingerprint density at radius 3 is 2.38 bits per heavy atom. The second kappa shape index (κ2) is 11.7. The van der Waals surface area contributed by atoms with Crippen molar-refractivity contribution < 1.29 is 17.6 Å². The predicted octanol–water partition coefficient (Wildman–Crippen LogP) is 7.67. The smallest absolute Gasteiger partial charge is 0.372 e. The Labute approximate surface area is 195 Å². The van der Waals surface area contributed by atoms with Crippen molar-refractivity contribution in [2.75, 3.05) is 7.05 Å². The van der Waals surface area contributed by atoms with Gasteiger partial charge in [-0.1, -0.05) is 40.0 Å². The molecule has 3 rings (SSSR count). The number of likely N-dealkylation sites (N-methyl/N-ethyl adjacent to an activating group) is 1. The molecule has 0 aromatic heterocycles. The van der Waals surface area contributed by atoms with Gasteiger partial charge in [-0.05, 0) is 55.2 Å². The van der Waals surface area contributed by atoms with Gasteiger partial charge in [-0.25, -0.2) is 4.39 Å². The molecule has 0 spiro atoms. The second-order valence-corrected chi connectivity index (χ2v) is 10.2. The van der Waals surface area contributed by atoms with Crippen LogP contribution in [0.5, 0.6) is 0 Å².